The molecule has 0 bridgehead atoms. The topological polar surface area (TPSA) is 70.1 Å². The molecule has 1 atom stereocenters. The van der Waals surface area contributed by atoms with Crippen molar-refractivity contribution in [3.8, 4) is 0 Å². The van der Waals surface area contributed by atoms with Gasteiger partial charge >= 0.3 is 0 Å². The number of aliphatic hydroxyl groups is 1. The third-order valence-electron chi connectivity index (χ3n) is 5.75. The second-order valence-corrected chi connectivity index (χ2v) is 7.72. The van der Waals surface area contributed by atoms with Crippen LogP contribution in [0.2, 0.25) is 0 Å². The van der Waals surface area contributed by atoms with E-state index in [1.807, 2.05) is 30.3 Å². The van der Waals surface area contributed by atoms with Crippen molar-refractivity contribution >= 4 is 17.4 Å². The number of ether oxygens (including phenoxy) is 1. The zero-order valence-electron chi connectivity index (χ0n) is 17.2. The third kappa shape index (κ3) is 4.52. The quantitative estimate of drug-likeness (QED) is 0.439. The summed E-state index contributed by atoms with van der Waals surface area (Å²) in [7, 11) is 0. The molecule has 1 N–H and O–H groups in total. The van der Waals surface area contributed by atoms with E-state index in [0.29, 0.717) is 31.7 Å². The van der Waals surface area contributed by atoms with Gasteiger partial charge in [0.05, 0.1) is 24.8 Å². The van der Waals surface area contributed by atoms with Crippen LogP contribution in [-0.2, 0) is 14.3 Å². The molecular formula is C24H25FN2O4. The Hall–Kier alpha value is -3.03. The predicted molar refractivity (Wildman–Crippen MR) is 114 cm³/mol. The van der Waals surface area contributed by atoms with Crippen LogP contribution < -0.4 is 0 Å². The lowest BCUT2D eigenvalue weighted by molar-refractivity contribution is -0.140. The minimum Gasteiger partial charge on any atom is -0.507 e. The number of hydrogen-bond donors (Lipinski definition) is 1. The largest absolute Gasteiger partial charge is 0.507 e. The second kappa shape index (κ2) is 9.41. The molecule has 2 aromatic rings. The van der Waals surface area contributed by atoms with Gasteiger partial charge in [0.15, 0.2) is 0 Å². The summed E-state index contributed by atoms with van der Waals surface area (Å²) in [5, 5.41) is 10.9. The molecule has 0 spiro atoms. The third-order valence-corrected chi connectivity index (χ3v) is 5.75. The molecule has 4 rings (SSSR count). The first-order valence-corrected chi connectivity index (χ1v) is 10.5. The van der Waals surface area contributed by atoms with E-state index in [4.69, 9.17) is 4.74 Å². The molecule has 7 heteroatoms. The smallest absolute Gasteiger partial charge is 0.295 e. The number of nitrogens with zero attached hydrogens (tertiary/aromatic N) is 2. The molecule has 1 unspecified atom stereocenters. The van der Waals surface area contributed by atoms with Crippen molar-refractivity contribution < 1.29 is 23.8 Å². The molecule has 31 heavy (non-hydrogen) atoms. The van der Waals surface area contributed by atoms with Gasteiger partial charge < -0.3 is 14.7 Å². The zero-order valence-corrected chi connectivity index (χ0v) is 17.2. The number of ketones is 1. The van der Waals surface area contributed by atoms with Gasteiger partial charge in [0.2, 0.25) is 0 Å². The molecule has 0 radical (unpaired) electrons. The van der Waals surface area contributed by atoms with Crippen molar-refractivity contribution in [2.45, 2.75) is 12.5 Å². The van der Waals surface area contributed by atoms with Gasteiger partial charge in [-0.05, 0) is 36.2 Å². The molecule has 1 amide bonds. The van der Waals surface area contributed by atoms with Gasteiger partial charge in [0.25, 0.3) is 11.7 Å². The molecule has 2 aliphatic rings. The van der Waals surface area contributed by atoms with Crippen LogP contribution in [0, 0.1) is 5.82 Å². The van der Waals surface area contributed by atoms with Crippen molar-refractivity contribution in [1.82, 2.24) is 9.80 Å². The normalized spacial score (nSPS) is 21.6. The average Bonchev–Trinajstić information content (AvgIpc) is 3.05. The fraction of sp³-hybridized carbons (Fsp3) is 0.333. The monoisotopic (exact) mass is 424 g/mol. The highest BCUT2D eigenvalue weighted by molar-refractivity contribution is 6.46. The lowest BCUT2D eigenvalue weighted by atomic mass is 9.95. The highest BCUT2D eigenvalue weighted by atomic mass is 19.1. The van der Waals surface area contributed by atoms with Crippen LogP contribution >= 0.6 is 0 Å². The Morgan fingerprint density at radius 2 is 1.68 bits per heavy atom. The number of carbonyl (C=O) groups excluding carboxylic acids is 2. The summed E-state index contributed by atoms with van der Waals surface area (Å²) in [4.78, 5) is 29.7. The van der Waals surface area contributed by atoms with Gasteiger partial charge in [-0.2, -0.15) is 0 Å². The summed E-state index contributed by atoms with van der Waals surface area (Å²) >= 11 is 0. The van der Waals surface area contributed by atoms with Crippen LogP contribution in [0.3, 0.4) is 0 Å². The Balaban J connectivity index is 1.64. The summed E-state index contributed by atoms with van der Waals surface area (Å²) in [6.45, 7) is 4.29. The molecular weight excluding hydrogens is 399 g/mol. The molecule has 6 nitrogen and oxygen atoms in total. The van der Waals surface area contributed by atoms with Crippen LogP contribution in [0.1, 0.15) is 23.6 Å². The summed E-state index contributed by atoms with van der Waals surface area (Å²) in [6, 6.07) is 13.7. The molecule has 2 heterocycles. The number of hydrogen-bond acceptors (Lipinski definition) is 5. The van der Waals surface area contributed by atoms with Crippen LogP contribution in [0.5, 0.6) is 0 Å². The molecule has 0 saturated carbocycles. The van der Waals surface area contributed by atoms with Crippen LogP contribution in [-0.4, -0.2) is 66.0 Å². The number of amides is 1. The van der Waals surface area contributed by atoms with Gasteiger partial charge in [0, 0.05) is 31.7 Å². The lowest BCUT2D eigenvalue weighted by Crippen LogP contribution is -2.38. The Morgan fingerprint density at radius 1 is 1.00 bits per heavy atom. The minimum absolute atomic E-state index is 0.0363. The highest BCUT2D eigenvalue weighted by Crippen LogP contribution is 2.39. The zero-order chi connectivity index (χ0) is 21.8. The van der Waals surface area contributed by atoms with Crippen molar-refractivity contribution in [3.05, 3.63) is 77.1 Å². The van der Waals surface area contributed by atoms with Gasteiger partial charge in [-0.25, -0.2) is 4.39 Å². The predicted octanol–water partition coefficient (Wildman–Crippen LogP) is 2.97. The van der Waals surface area contributed by atoms with E-state index in [-0.39, 0.29) is 11.3 Å². The van der Waals surface area contributed by atoms with Gasteiger partial charge in [0.1, 0.15) is 11.6 Å². The number of likely N-dealkylation sites (tertiary alicyclic amines) is 1. The molecule has 0 aromatic heterocycles. The SMILES string of the molecule is O=C1C(=O)N(CCCN2CCOCC2)C(c2ccccc2)/C1=C(/O)c1ccc(F)cc1. The van der Waals surface area contributed by atoms with Crippen LogP contribution in [0.4, 0.5) is 4.39 Å². The summed E-state index contributed by atoms with van der Waals surface area (Å²) in [6.07, 6.45) is 0.701. The first-order chi connectivity index (χ1) is 15.1. The van der Waals surface area contributed by atoms with Gasteiger partial charge in [-0.1, -0.05) is 30.3 Å². The van der Waals surface area contributed by atoms with E-state index < -0.39 is 23.5 Å². The summed E-state index contributed by atoms with van der Waals surface area (Å²) < 4.78 is 18.7. The Kier molecular flexibility index (Phi) is 6.44. The number of benzene rings is 2. The maximum Gasteiger partial charge on any atom is 0.295 e. The van der Waals surface area contributed by atoms with Crippen molar-refractivity contribution in [1.29, 1.82) is 0 Å². The Labute approximate surface area is 180 Å². The van der Waals surface area contributed by atoms with Crippen molar-refractivity contribution in [2.75, 3.05) is 39.4 Å². The Bertz CT molecular complexity index is 969. The summed E-state index contributed by atoms with van der Waals surface area (Å²) in [5.41, 5.74) is 1.08. The number of rotatable bonds is 6. The van der Waals surface area contributed by atoms with E-state index >= 15 is 0 Å². The number of carbonyl (C=O) groups is 2. The highest BCUT2D eigenvalue weighted by Gasteiger charge is 2.45. The molecule has 2 aliphatic heterocycles. The fourth-order valence-electron chi connectivity index (χ4n) is 4.15. The average molecular weight is 424 g/mol. The van der Waals surface area contributed by atoms with Crippen LogP contribution in [0.25, 0.3) is 5.76 Å². The van der Waals surface area contributed by atoms with Crippen molar-refractivity contribution in [3.63, 3.8) is 0 Å². The van der Waals surface area contributed by atoms with Crippen molar-refractivity contribution in [2.24, 2.45) is 0 Å². The second-order valence-electron chi connectivity index (χ2n) is 7.72. The number of halogens is 1. The Morgan fingerprint density at radius 3 is 2.35 bits per heavy atom. The van der Waals surface area contributed by atoms with E-state index in [1.54, 1.807) is 0 Å². The molecule has 0 aliphatic carbocycles. The van der Waals surface area contributed by atoms with E-state index in [2.05, 4.69) is 4.90 Å². The maximum atomic E-state index is 13.3. The molecule has 162 valence electrons. The first kappa shape index (κ1) is 21.2. The van der Waals surface area contributed by atoms with E-state index in [0.717, 1.165) is 25.2 Å². The number of aliphatic hydroxyl groups excluding tert-OH is 1. The fourth-order valence-corrected chi connectivity index (χ4v) is 4.15. The number of Topliss-reactive ketones (excluding diaryl/α,β-unsaturated/α-hetero) is 1. The first-order valence-electron chi connectivity index (χ1n) is 10.5. The van der Waals surface area contributed by atoms with Crippen LogP contribution in [0.15, 0.2) is 60.2 Å². The van der Waals surface area contributed by atoms with E-state index in [1.165, 1.54) is 29.2 Å². The lowest BCUT2D eigenvalue weighted by Gasteiger charge is -2.29. The molecule has 2 saturated heterocycles. The van der Waals surface area contributed by atoms with E-state index in [9.17, 15) is 19.1 Å². The van der Waals surface area contributed by atoms with Gasteiger partial charge in [-0.15, -0.1) is 0 Å². The minimum atomic E-state index is -0.720. The molecule has 2 fully saturated rings. The van der Waals surface area contributed by atoms with Gasteiger partial charge in [-0.3, -0.25) is 14.5 Å². The standard InChI is InChI=1S/C24H25FN2O4/c25-19-9-7-18(8-10-19)22(28)20-21(17-5-2-1-3-6-17)27(24(30)23(20)29)12-4-11-26-13-15-31-16-14-26/h1-3,5-10,21,28H,4,11-16H2/b22-20-. The molecule has 2 aromatic carbocycles. The number of morpholine rings is 1. The summed E-state index contributed by atoms with van der Waals surface area (Å²) in [5.74, 6) is -2.08. The maximum absolute atomic E-state index is 13.3.